The molecule has 2 saturated carbocycles. The van der Waals surface area contributed by atoms with Gasteiger partial charge >= 0.3 is 0 Å². The minimum atomic E-state index is 0. The Hall–Kier alpha value is -1.31. The van der Waals surface area contributed by atoms with Gasteiger partial charge in [0.05, 0.1) is 0 Å². The molecule has 2 N–H and O–H groups in total. The summed E-state index contributed by atoms with van der Waals surface area (Å²) < 4.78 is 0. The van der Waals surface area contributed by atoms with Crippen LogP contribution in [0.1, 0.15) is 62.0 Å². The van der Waals surface area contributed by atoms with Crippen LogP contribution in [0.4, 0.5) is 0 Å². The lowest BCUT2D eigenvalue weighted by Gasteiger charge is -2.26. The largest absolute Gasteiger partial charge is 0.356 e. The predicted molar refractivity (Wildman–Crippen MR) is 136 cm³/mol. The lowest BCUT2D eigenvalue weighted by molar-refractivity contribution is -0.135. The number of nitrogens with zero attached hydrogens (tertiary/aromatic N) is 2. The maximum atomic E-state index is 12.8. The second kappa shape index (κ2) is 10.1. The summed E-state index contributed by atoms with van der Waals surface area (Å²) in [6, 6.07) is 9.30. The second-order valence-corrected chi connectivity index (χ2v) is 9.79. The first kappa shape index (κ1) is 22.9. The fourth-order valence-electron chi connectivity index (χ4n) is 6.28. The van der Waals surface area contributed by atoms with Gasteiger partial charge in [0.15, 0.2) is 5.96 Å². The quantitative estimate of drug-likeness (QED) is 0.349. The van der Waals surface area contributed by atoms with Crippen molar-refractivity contribution in [3.8, 4) is 0 Å². The molecule has 4 aliphatic rings. The summed E-state index contributed by atoms with van der Waals surface area (Å²) in [6.45, 7) is 2.69. The number of guanidine groups is 1. The van der Waals surface area contributed by atoms with Crippen LogP contribution in [0.3, 0.4) is 0 Å². The number of hydrogen-bond acceptors (Lipinski definition) is 2. The van der Waals surface area contributed by atoms with Gasteiger partial charge in [-0.2, -0.15) is 0 Å². The number of likely N-dealkylation sites (tertiary alicyclic amines) is 1. The zero-order valence-corrected chi connectivity index (χ0v) is 21.0. The average Bonchev–Trinajstić information content (AvgIpc) is 3.33. The minimum absolute atomic E-state index is 0. The van der Waals surface area contributed by atoms with Gasteiger partial charge in [0.2, 0.25) is 5.91 Å². The molecule has 6 heteroatoms. The molecular weight excluding hydrogens is 499 g/mol. The number of carbonyl (C=O) groups is 1. The summed E-state index contributed by atoms with van der Waals surface area (Å²) in [4.78, 5) is 19.4. The molecule has 3 fully saturated rings. The maximum absolute atomic E-state index is 12.8. The Morgan fingerprint density at radius 3 is 2.74 bits per heavy atom. The molecule has 5 rings (SSSR count). The van der Waals surface area contributed by atoms with Crippen molar-refractivity contribution in [2.24, 2.45) is 22.7 Å². The lowest BCUT2D eigenvalue weighted by Crippen LogP contribution is -2.46. The molecule has 1 heterocycles. The second-order valence-electron chi connectivity index (χ2n) is 9.79. The van der Waals surface area contributed by atoms with E-state index < -0.39 is 0 Å². The Bertz CT molecular complexity index is 806. The Kier molecular flexibility index (Phi) is 7.44. The Morgan fingerprint density at radius 1 is 1.13 bits per heavy atom. The van der Waals surface area contributed by atoms with E-state index in [-0.39, 0.29) is 29.9 Å². The van der Waals surface area contributed by atoms with Crippen molar-refractivity contribution < 1.29 is 4.79 Å². The molecule has 0 bridgehead atoms. The average molecular weight is 537 g/mol. The predicted octanol–water partition coefficient (Wildman–Crippen LogP) is 3.93. The van der Waals surface area contributed by atoms with E-state index in [0.29, 0.717) is 11.9 Å². The molecular formula is C25H37IN4O. The molecule has 5 nitrogen and oxygen atoms in total. The van der Waals surface area contributed by atoms with E-state index in [4.69, 9.17) is 0 Å². The van der Waals surface area contributed by atoms with Crippen molar-refractivity contribution >= 4 is 35.8 Å². The van der Waals surface area contributed by atoms with Gasteiger partial charge in [-0.15, -0.1) is 24.0 Å². The Balaban J connectivity index is 0.00000231. The van der Waals surface area contributed by atoms with Crippen molar-refractivity contribution in [3.05, 3.63) is 35.4 Å². The number of rotatable bonds is 4. The maximum Gasteiger partial charge on any atom is 0.225 e. The van der Waals surface area contributed by atoms with Gasteiger partial charge in [0.25, 0.3) is 0 Å². The molecule has 1 saturated heterocycles. The molecule has 1 aromatic rings. The summed E-state index contributed by atoms with van der Waals surface area (Å²) in [6.07, 6.45) is 9.47. The number of aryl methyl sites for hydroxylation is 1. The molecule has 0 aromatic heterocycles. The van der Waals surface area contributed by atoms with Gasteiger partial charge in [-0.1, -0.05) is 43.5 Å². The summed E-state index contributed by atoms with van der Waals surface area (Å²) in [5, 5.41) is 7.17. The highest BCUT2D eigenvalue weighted by atomic mass is 127. The van der Waals surface area contributed by atoms with Crippen LogP contribution in [0.5, 0.6) is 0 Å². The van der Waals surface area contributed by atoms with Gasteiger partial charge in [0.1, 0.15) is 0 Å². The van der Waals surface area contributed by atoms with Crippen LogP contribution in [0.25, 0.3) is 0 Å². The molecule has 1 aliphatic heterocycles. The van der Waals surface area contributed by atoms with Crippen LogP contribution in [-0.2, 0) is 11.2 Å². The number of hydrogen-bond donors (Lipinski definition) is 2. The highest BCUT2D eigenvalue weighted by Gasteiger charge is 2.52. The molecule has 170 valence electrons. The van der Waals surface area contributed by atoms with E-state index in [0.717, 1.165) is 62.6 Å². The Morgan fingerprint density at radius 2 is 1.94 bits per heavy atom. The first-order valence-corrected chi connectivity index (χ1v) is 12.1. The van der Waals surface area contributed by atoms with Crippen molar-refractivity contribution in [1.29, 1.82) is 0 Å². The summed E-state index contributed by atoms with van der Waals surface area (Å²) in [5.41, 5.74) is 3.13. The topological polar surface area (TPSA) is 56.7 Å². The third-order valence-electron chi connectivity index (χ3n) is 8.02. The SMILES string of the molecule is CN=C(NCC1C2CCc3ccccc3C21)NC1CCN(C(=O)C2CCCCC2)C1.I. The third kappa shape index (κ3) is 4.88. The van der Waals surface area contributed by atoms with Gasteiger partial charge in [0, 0.05) is 38.6 Å². The van der Waals surface area contributed by atoms with Crippen molar-refractivity contribution in [3.63, 3.8) is 0 Å². The molecule has 4 unspecified atom stereocenters. The molecule has 4 atom stereocenters. The highest BCUT2D eigenvalue weighted by molar-refractivity contribution is 14.0. The minimum Gasteiger partial charge on any atom is -0.356 e. The van der Waals surface area contributed by atoms with E-state index >= 15 is 0 Å². The van der Waals surface area contributed by atoms with Crippen LogP contribution in [0.15, 0.2) is 29.3 Å². The molecule has 0 radical (unpaired) electrons. The van der Waals surface area contributed by atoms with E-state index in [2.05, 4.69) is 44.8 Å². The number of aliphatic imine (C=N–C) groups is 1. The van der Waals surface area contributed by atoms with E-state index in [9.17, 15) is 4.79 Å². The zero-order chi connectivity index (χ0) is 20.5. The van der Waals surface area contributed by atoms with Crippen LogP contribution < -0.4 is 10.6 Å². The molecule has 1 aromatic carbocycles. The molecule has 31 heavy (non-hydrogen) atoms. The van der Waals surface area contributed by atoms with Gasteiger partial charge in [-0.3, -0.25) is 9.79 Å². The summed E-state index contributed by atoms with van der Waals surface area (Å²) in [7, 11) is 1.85. The summed E-state index contributed by atoms with van der Waals surface area (Å²) >= 11 is 0. The molecule has 3 aliphatic carbocycles. The van der Waals surface area contributed by atoms with E-state index in [1.807, 2.05) is 7.05 Å². The fourth-order valence-corrected chi connectivity index (χ4v) is 6.28. The molecule has 1 amide bonds. The van der Waals surface area contributed by atoms with Crippen molar-refractivity contribution in [2.75, 3.05) is 26.7 Å². The van der Waals surface area contributed by atoms with Crippen molar-refractivity contribution in [2.45, 2.75) is 63.3 Å². The van der Waals surface area contributed by atoms with Crippen molar-refractivity contribution in [1.82, 2.24) is 15.5 Å². The number of benzene rings is 1. The number of amides is 1. The highest BCUT2D eigenvalue weighted by Crippen LogP contribution is 2.59. The van der Waals surface area contributed by atoms with Crippen LogP contribution in [0.2, 0.25) is 0 Å². The smallest absolute Gasteiger partial charge is 0.225 e. The first-order valence-electron chi connectivity index (χ1n) is 12.1. The first-order chi connectivity index (χ1) is 14.7. The number of carbonyl (C=O) groups excluding carboxylic acids is 1. The number of fused-ring (bicyclic) bond motifs is 3. The van der Waals surface area contributed by atoms with Crippen LogP contribution >= 0.6 is 24.0 Å². The molecule has 0 spiro atoms. The Labute approximate surface area is 203 Å². The monoisotopic (exact) mass is 536 g/mol. The third-order valence-corrected chi connectivity index (χ3v) is 8.02. The van der Waals surface area contributed by atoms with E-state index in [1.54, 1.807) is 11.1 Å². The van der Waals surface area contributed by atoms with Gasteiger partial charge in [-0.05, 0) is 61.0 Å². The zero-order valence-electron chi connectivity index (χ0n) is 18.7. The van der Waals surface area contributed by atoms with Crippen LogP contribution in [0, 0.1) is 17.8 Å². The van der Waals surface area contributed by atoms with Crippen LogP contribution in [-0.4, -0.2) is 49.5 Å². The van der Waals surface area contributed by atoms with E-state index in [1.165, 1.54) is 32.1 Å². The fraction of sp³-hybridized carbons (Fsp3) is 0.680. The lowest BCUT2D eigenvalue weighted by atomic mass is 9.88. The summed E-state index contributed by atoms with van der Waals surface area (Å²) in [5.74, 6) is 3.85. The van der Waals surface area contributed by atoms with Gasteiger partial charge in [-0.25, -0.2) is 0 Å². The van der Waals surface area contributed by atoms with Gasteiger partial charge < -0.3 is 15.5 Å². The number of halogens is 1. The standard InChI is InChI=1S/C25H36N4O.HI/c1-26-25(27-15-22-21-12-11-17-7-5-6-10-20(17)23(21)22)28-19-13-14-29(16-19)24(30)18-8-3-2-4-9-18;/h5-7,10,18-19,21-23H,2-4,8-9,11-16H2,1H3,(H2,26,27,28);1H. The number of nitrogens with one attached hydrogen (secondary N) is 2. The normalized spacial score (nSPS) is 30.1.